The van der Waals surface area contributed by atoms with Gasteiger partial charge in [0.15, 0.2) is 6.61 Å². The van der Waals surface area contributed by atoms with Gasteiger partial charge in [-0.25, -0.2) is 9.18 Å². The van der Waals surface area contributed by atoms with E-state index in [1.807, 2.05) is 25.3 Å². The van der Waals surface area contributed by atoms with Crippen molar-refractivity contribution in [3.05, 3.63) is 81.1 Å². The Morgan fingerprint density at radius 2 is 1.82 bits per heavy atom. The highest BCUT2D eigenvalue weighted by atomic mass is 32.1. The van der Waals surface area contributed by atoms with Gasteiger partial charge in [0.05, 0.1) is 5.56 Å². The molecule has 1 aromatic carbocycles. The number of rotatable bonds is 10. The summed E-state index contributed by atoms with van der Waals surface area (Å²) in [6.07, 6.45) is 0.869. The molecule has 0 fully saturated rings. The summed E-state index contributed by atoms with van der Waals surface area (Å²) in [5, 5.41) is 4.56. The van der Waals surface area contributed by atoms with E-state index in [4.69, 9.17) is 4.74 Å². The van der Waals surface area contributed by atoms with E-state index < -0.39 is 30.3 Å². The third-order valence-electron chi connectivity index (χ3n) is 5.71. The van der Waals surface area contributed by atoms with Crippen molar-refractivity contribution >= 4 is 29.0 Å². The van der Waals surface area contributed by atoms with Crippen LogP contribution in [0.4, 0.5) is 4.39 Å². The first-order valence-electron chi connectivity index (χ1n) is 11.1. The fraction of sp³-hybridized carbons (Fsp3) is 0.346. The summed E-state index contributed by atoms with van der Waals surface area (Å²) in [4.78, 5) is 39.2. The minimum Gasteiger partial charge on any atom is -0.456 e. The lowest BCUT2D eigenvalue weighted by atomic mass is 10.0. The molecule has 1 atom stereocenters. The smallest absolute Gasteiger partial charge is 0.329 e. The maximum Gasteiger partial charge on any atom is 0.329 e. The third-order valence-corrected chi connectivity index (χ3v) is 6.64. The fourth-order valence-corrected chi connectivity index (χ4v) is 4.47. The average Bonchev–Trinajstić information content (AvgIpc) is 3.42. The van der Waals surface area contributed by atoms with Crippen LogP contribution in [-0.2, 0) is 22.5 Å². The largest absolute Gasteiger partial charge is 0.456 e. The van der Waals surface area contributed by atoms with Crippen LogP contribution < -0.4 is 5.32 Å². The standard InChI is InChI=1S/C26H29FN2O4S/c1-16(2)24(28-25(31)20-9-5-6-10-22(20)27)26(32)33-15-23(30)21-14-17(3)29(18(21)4)12-11-19-8-7-13-34-19/h5-10,13-14,16,24H,11-12,15H2,1-4H3,(H,28,31)/t24-/m0/s1. The van der Waals surface area contributed by atoms with E-state index in [0.29, 0.717) is 5.56 Å². The van der Waals surface area contributed by atoms with Crippen LogP contribution in [0.15, 0.2) is 47.8 Å². The number of hydrogen-bond donors (Lipinski definition) is 1. The van der Waals surface area contributed by atoms with Crippen LogP contribution in [0.25, 0.3) is 0 Å². The number of aromatic nitrogens is 1. The third kappa shape index (κ3) is 5.99. The number of aryl methyl sites for hydroxylation is 2. The molecule has 0 radical (unpaired) electrons. The molecule has 0 saturated heterocycles. The molecule has 2 aromatic heterocycles. The number of nitrogens with zero attached hydrogens (tertiary/aromatic N) is 1. The van der Waals surface area contributed by atoms with E-state index in [-0.39, 0.29) is 17.3 Å². The first-order valence-corrected chi connectivity index (χ1v) is 12.0. The zero-order valence-electron chi connectivity index (χ0n) is 19.8. The second kappa shape index (κ2) is 11.2. The zero-order valence-corrected chi connectivity index (χ0v) is 20.6. The number of benzene rings is 1. The van der Waals surface area contributed by atoms with Gasteiger partial charge in [-0.3, -0.25) is 9.59 Å². The second-order valence-corrected chi connectivity index (χ2v) is 9.50. The highest BCUT2D eigenvalue weighted by Gasteiger charge is 2.28. The number of carbonyl (C=O) groups is 3. The molecule has 6 nitrogen and oxygen atoms in total. The second-order valence-electron chi connectivity index (χ2n) is 8.47. The van der Waals surface area contributed by atoms with Crippen molar-refractivity contribution in [3.8, 4) is 0 Å². The molecule has 1 amide bonds. The molecule has 3 rings (SSSR count). The molecule has 0 unspecified atom stereocenters. The summed E-state index contributed by atoms with van der Waals surface area (Å²) in [6, 6.07) is 10.4. The van der Waals surface area contributed by atoms with Gasteiger partial charge in [-0.05, 0) is 55.8 Å². The van der Waals surface area contributed by atoms with Gasteiger partial charge < -0.3 is 14.6 Å². The maximum absolute atomic E-state index is 13.9. The number of carbonyl (C=O) groups excluding carboxylic acids is 3. The molecular formula is C26H29FN2O4S. The number of nitrogens with one attached hydrogen (secondary N) is 1. The quantitative estimate of drug-likeness (QED) is 0.333. The highest BCUT2D eigenvalue weighted by Crippen LogP contribution is 2.19. The lowest BCUT2D eigenvalue weighted by Gasteiger charge is -2.21. The molecule has 34 heavy (non-hydrogen) atoms. The number of Topliss-reactive ketones (excluding diaryl/α,β-unsaturated/α-hetero) is 1. The normalized spacial score (nSPS) is 11.9. The Morgan fingerprint density at radius 3 is 2.47 bits per heavy atom. The van der Waals surface area contributed by atoms with Crippen molar-refractivity contribution in [2.45, 2.75) is 46.7 Å². The maximum atomic E-state index is 13.9. The first-order chi connectivity index (χ1) is 16.2. The lowest BCUT2D eigenvalue weighted by Crippen LogP contribution is -2.46. The number of ether oxygens (including phenoxy) is 1. The predicted molar refractivity (Wildman–Crippen MR) is 130 cm³/mol. The Morgan fingerprint density at radius 1 is 1.09 bits per heavy atom. The van der Waals surface area contributed by atoms with Crippen molar-refractivity contribution in [1.29, 1.82) is 0 Å². The Kier molecular flexibility index (Phi) is 8.39. The number of esters is 1. The summed E-state index contributed by atoms with van der Waals surface area (Å²) in [7, 11) is 0. The van der Waals surface area contributed by atoms with Crippen molar-refractivity contribution in [2.75, 3.05) is 6.61 Å². The number of ketones is 1. The van der Waals surface area contributed by atoms with Gasteiger partial charge >= 0.3 is 5.97 Å². The number of amides is 1. The van der Waals surface area contributed by atoms with Crippen LogP contribution in [0.2, 0.25) is 0 Å². The van der Waals surface area contributed by atoms with E-state index >= 15 is 0 Å². The Balaban J connectivity index is 1.62. The minimum absolute atomic E-state index is 0.160. The van der Waals surface area contributed by atoms with E-state index in [0.717, 1.165) is 24.4 Å². The van der Waals surface area contributed by atoms with Gasteiger partial charge in [-0.2, -0.15) is 0 Å². The van der Waals surface area contributed by atoms with Gasteiger partial charge in [0.2, 0.25) is 5.78 Å². The number of thiophene rings is 1. The van der Waals surface area contributed by atoms with Crippen LogP contribution in [0.5, 0.6) is 0 Å². The van der Waals surface area contributed by atoms with E-state index in [9.17, 15) is 18.8 Å². The van der Waals surface area contributed by atoms with Crippen molar-refractivity contribution < 1.29 is 23.5 Å². The van der Waals surface area contributed by atoms with Gasteiger partial charge in [-0.1, -0.05) is 32.0 Å². The van der Waals surface area contributed by atoms with Crippen LogP contribution in [0.3, 0.4) is 0 Å². The van der Waals surface area contributed by atoms with Crippen molar-refractivity contribution in [3.63, 3.8) is 0 Å². The molecule has 3 aromatic rings. The molecule has 2 heterocycles. The van der Waals surface area contributed by atoms with Crippen molar-refractivity contribution in [1.82, 2.24) is 9.88 Å². The van der Waals surface area contributed by atoms with Gasteiger partial charge in [0.1, 0.15) is 11.9 Å². The number of halogens is 1. The highest BCUT2D eigenvalue weighted by molar-refractivity contribution is 7.09. The molecule has 180 valence electrons. The average molecular weight is 485 g/mol. The van der Waals surface area contributed by atoms with E-state index in [2.05, 4.69) is 16.0 Å². The lowest BCUT2D eigenvalue weighted by molar-refractivity contribution is -0.145. The molecule has 0 aliphatic heterocycles. The number of hydrogen-bond acceptors (Lipinski definition) is 5. The Labute approximate surface area is 202 Å². The van der Waals surface area contributed by atoms with Crippen LogP contribution in [-0.4, -0.2) is 34.9 Å². The topological polar surface area (TPSA) is 77.4 Å². The summed E-state index contributed by atoms with van der Waals surface area (Å²) in [5.74, 6) is -2.76. The summed E-state index contributed by atoms with van der Waals surface area (Å²) >= 11 is 1.70. The van der Waals surface area contributed by atoms with Crippen molar-refractivity contribution in [2.24, 2.45) is 5.92 Å². The van der Waals surface area contributed by atoms with E-state index in [1.54, 1.807) is 31.3 Å². The van der Waals surface area contributed by atoms with E-state index in [1.165, 1.54) is 29.1 Å². The molecule has 0 saturated carbocycles. The molecular weight excluding hydrogens is 455 g/mol. The first kappa shape index (κ1) is 25.4. The summed E-state index contributed by atoms with van der Waals surface area (Å²) < 4.78 is 21.3. The molecule has 0 bridgehead atoms. The zero-order chi connectivity index (χ0) is 24.8. The predicted octanol–water partition coefficient (Wildman–Crippen LogP) is 4.73. The Bertz CT molecular complexity index is 1170. The minimum atomic E-state index is -1.02. The van der Waals surface area contributed by atoms with Gasteiger partial charge in [0, 0.05) is 28.4 Å². The summed E-state index contributed by atoms with van der Waals surface area (Å²) in [6.45, 7) is 7.60. The molecule has 0 aliphatic rings. The van der Waals surface area contributed by atoms with Crippen LogP contribution in [0.1, 0.15) is 50.8 Å². The van der Waals surface area contributed by atoms with Gasteiger partial charge in [0.25, 0.3) is 5.91 Å². The summed E-state index contributed by atoms with van der Waals surface area (Å²) in [5.41, 5.74) is 2.13. The van der Waals surface area contributed by atoms with Crippen LogP contribution in [0, 0.1) is 25.6 Å². The van der Waals surface area contributed by atoms with Crippen LogP contribution >= 0.6 is 11.3 Å². The van der Waals surface area contributed by atoms with Gasteiger partial charge in [-0.15, -0.1) is 11.3 Å². The molecule has 1 N–H and O–H groups in total. The molecule has 0 aliphatic carbocycles. The monoisotopic (exact) mass is 484 g/mol. The SMILES string of the molecule is Cc1cc(C(=O)COC(=O)[C@@H](NC(=O)c2ccccc2F)C(C)C)c(C)n1CCc1cccs1. The molecule has 0 spiro atoms. The Hall–Kier alpha value is -3.26. The molecule has 8 heteroatoms. The fourth-order valence-electron chi connectivity index (χ4n) is 3.77.